The number of amides is 1. The lowest BCUT2D eigenvalue weighted by Crippen LogP contribution is -2.58. The maximum Gasteiger partial charge on any atom is 0.246 e. The van der Waals surface area contributed by atoms with Gasteiger partial charge in [0, 0.05) is 42.0 Å². The van der Waals surface area contributed by atoms with Gasteiger partial charge in [-0.15, -0.1) is 0 Å². The van der Waals surface area contributed by atoms with Crippen LogP contribution >= 0.6 is 22.9 Å². The predicted octanol–water partition coefficient (Wildman–Crippen LogP) is 0.807. The zero-order valence-electron chi connectivity index (χ0n) is 6.74. The van der Waals surface area contributed by atoms with Gasteiger partial charge in [-0.25, -0.2) is 3.11 Å². The van der Waals surface area contributed by atoms with E-state index in [2.05, 4.69) is 32.6 Å². The van der Waals surface area contributed by atoms with E-state index in [1.807, 2.05) is 4.90 Å². The lowest BCUT2D eigenvalue weighted by Gasteiger charge is -2.42. The summed E-state index contributed by atoms with van der Waals surface area (Å²) in [6, 6.07) is 1.07. The van der Waals surface area contributed by atoms with Crippen molar-refractivity contribution >= 4 is 28.8 Å². The van der Waals surface area contributed by atoms with Gasteiger partial charge in [0.05, 0.1) is 6.04 Å². The Labute approximate surface area is 85.9 Å². The minimum atomic E-state index is 0.0898. The fourth-order valence-corrected chi connectivity index (χ4v) is 3.00. The van der Waals surface area contributed by atoms with Crippen molar-refractivity contribution in [2.45, 2.75) is 18.5 Å². The van der Waals surface area contributed by atoms with Gasteiger partial charge in [0.1, 0.15) is 0 Å². The van der Waals surface area contributed by atoms with Gasteiger partial charge in [-0.3, -0.25) is 4.79 Å². The normalized spacial score (nSPS) is 34.2. The number of carbonyl (C=O) groups is 1. The number of fused-ring (bicyclic) bond motifs is 1. The molecule has 2 fully saturated rings. The molecule has 3 nitrogen and oxygen atoms in total. The van der Waals surface area contributed by atoms with E-state index < -0.39 is 0 Å². The Hall–Kier alpha value is -0.100. The average Bonchev–Trinajstić information content (AvgIpc) is 2.40. The standard InChI is InChI=1S/C8H11IN2O/c1-2-8(12)10-4-3-6-7(10)5-11(6)9/h2,6-7H,1,3-5H2. The van der Waals surface area contributed by atoms with E-state index in [9.17, 15) is 4.79 Å². The molecule has 2 rings (SSSR count). The number of carbonyl (C=O) groups excluding carboxylic acids is 1. The van der Waals surface area contributed by atoms with Crippen LogP contribution in [0.1, 0.15) is 6.42 Å². The van der Waals surface area contributed by atoms with Crippen molar-refractivity contribution in [3.63, 3.8) is 0 Å². The van der Waals surface area contributed by atoms with Crippen LogP contribution in [-0.2, 0) is 4.79 Å². The van der Waals surface area contributed by atoms with Crippen molar-refractivity contribution in [1.29, 1.82) is 0 Å². The molecule has 2 heterocycles. The highest BCUT2D eigenvalue weighted by atomic mass is 127. The summed E-state index contributed by atoms with van der Waals surface area (Å²) in [6.45, 7) is 5.42. The first kappa shape index (κ1) is 8.50. The van der Waals surface area contributed by atoms with E-state index in [0.717, 1.165) is 19.5 Å². The first-order valence-corrected chi connectivity index (χ1v) is 5.06. The molecular weight excluding hydrogens is 267 g/mol. The second kappa shape index (κ2) is 2.99. The van der Waals surface area contributed by atoms with Gasteiger partial charge in [0.15, 0.2) is 0 Å². The summed E-state index contributed by atoms with van der Waals surface area (Å²) in [7, 11) is 0. The third kappa shape index (κ3) is 1.08. The SMILES string of the molecule is C=CC(=O)N1CCC2C1CN2I. The van der Waals surface area contributed by atoms with Crippen LogP contribution in [0.25, 0.3) is 0 Å². The van der Waals surface area contributed by atoms with Crippen LogP contribution in [0.3, 0.4) is 0 Å². The Kier molecular flexibility index (Phi) is 2.12. The van der Waals surface area contributed by atoms with Crippen LogP contribution in [0.5, 0.6) is 0 Å². The zero-order chi connectivity index (χ0) is 8.72. The van der Waals surface area contributed by atoms with Gasteiger partial charge in [0.25, 0.3) is 0 Å². The van der Waals surface area contributed by atoms with Crippen LogP contribution in [0.15, 0.2) is 12.7 Å². The molecule has 0 N–H and O–H groups in total. The monoisotopic (exact) mass is 278 g/mol. The van der Waals surface area contributed by atoms with Gasteiger partial charge in [-0.05, 0) is 12.5 Å². The maximum atomic E-state index is 11.3. The molecule has 12 heavy (non-hydrogen) atoms. The molecule has 2 aliphatic rings. The molecule has 2 atom stereocenters. The van der Waals surface area contributed by atoms with Crippen LogP contribution in [0.2, 0.25) is 0 Å². The quantitative estimate of drug-likeness (QED) is 0.402. The Morgan fingerprint density at radius 3 is 2.83 bits per heavy atom. The number of halogens is 1. The molecule has 0 saturated carbocycles. The molecule has 0 aromatic heterocycles. The number of hydrogen-bond donors (Lipinski definition) is 0. The Morgan fingerprint density at radius 1 is 1.58 bits per heavy atom. The Bertz CT molecular complexity index is 231. The maximum absolute atomic E-state index is 11.3. The first-order chi connectivity index (χ1) is 5.74. The van der Waals surface area contributed by atoms with Crippen molar-refractivity contribution in [2.75, 3.05) is 13.1 Å². The molecule has 4 heteroatoms. The summed E-state index contributed by atoms with van der Waals surface area (Å²) in [6.07, 6.45) is 2.53. The molecule has 2 saturated heterocycles. The van der Waals surface area contributed by atoms with Gasteiger partial charge < -0.3 is 4.90 Å². The molecule has 66 valence electrons. The third-order valence-electron chi connectivity index (χ3n) is 2.69. The Morgan fingerprint density at radius 2 is 2.33 bits per heavy atom. The summed E-state index contributed by atoms with van der Waals surface area (Å²) in [5.74, 6) is 0.0898. The molecule has 0 radical (unpaired) electrons. The highest BCUT2D eigenvalue weighted by Gasteiger charge is 2.47. The number of likely N-dealkylation sites (tertiary alicyclic amines) is 1. The molecule has 0 bridgehead atoms. The summed E-state index contributed by atoms with van der Waals surface area (Å²) >= 11 is 2.33. The van der Waals surface area contributed by atoms with Crippen LogP contribution in [0, 0.1) is 0 Å². The van der Waals surface area contributed by atoms with Crippen molar-refractivity contribution in [3.05, 3.63) is 12.7 Å². The van der Waals surface area contributed by atoms with Crippen molar-refractivity contribution in [3.8, 4) is 0 Å². The zero-order valence-corrected chi connectivity index (χ0v) is 8.90. The number of hydrogen-bond acceptors (Lipinski definition) is 2. The van der Waals surface area contributed by atoms with Crippen molar-refractivity contribution in [1.82, 2.24) is 8.01 Å². The molecule has 2 aliphatic heterocycles. The minimum absolute atomic E-state index is 0.0898. The summed E-state index contributed by atoms with van der Waals surface area (Å²) < 4.78 is 2.28. The van der Waals surface area contributed by atoms with E-state index in [4.69, 9.17) is 0 Å². The topological polar surface area (TPSA) is 23.6 Å². The van der Waals surface area contributed by atoms with Crippen molar-refractivity contribution < 1.29 is 4.79 Å². The summed E-state index contributed by atoms with van der Waals surface area (Å²) in [5, 5.41) is 0. The molecule has 0 aromatic rings. The van der Waals surface area contributed by atoms with E-state index in [0.29, 0.717) is 12.1 Å². The van der Waals surface area contributed by atoms with E-state index in [1.54, 1.807) is 0 Å². The fourth-order valence-electron chi connectivity index (χ4n) is 1.95. The van der Waals surface area contributed by atoms with Crippen LogP contribution in [0.4, 0.5) is 0 Å². The molecule has 0 spiro atoms. The number of nitrogens with zero attached hydrogens (tertiary/aromatic N) is 2. The average molecular weight is 278 g/mol. The summed E-state index contributed by atoms with van der Waals surface area (Å²) in [5.41, 5.74) is 0. The van der Waals surface area contributed by atoms with Gasteiger partial charge >= 0.3 is 0 Å². The molecule has 2 unspecified atom stereocenters. The van der Waals surface area contributed by atoms with Crippen LogP contribution < -0.4 is 0 Å². The molecule has 0 aromatic carbocycles. The highest BCUT2D eigenvalue weighted by Crippen LogP contribution is 2.34. The van der Waals surface area contributed by atoms with E-state index in [-0.39, 0.29) is 5.91 Å². The van der Waals surface area contributed by atoms with E-state index >= 15 is 0 Å². The second-order valence-corrected chi connectivity index (χ2v) is 4.48. The largest absolute Gasteiger partial charge is 0.333 e. The molecule has 1 amide bonds. The lowest BCUT2D eigenvalue weighted by molar-refractivity contribution is -0.128. The fraction of sp³-hybridized carbons (Fsp3) is 0.625. The first-order valence-electron chi connectivity index (χ1n) is 4.09. The number of rotatable bonds is 1. The van der Waals surface area contributed by atoms with Crippen LogP contribution in [-0.4, -0.2) is 39.1 Å². The predicted molar refractivity (Wildman–Crippen MR) is 54.8 cm³/mol. The molecule has 0 aliphatic carbocycles. The van der Waals surface area contributed by atoms with Crippen molar-refractivity contribution in [2.24, 2.45) is 0 Å². The lowest BCUT2D eigenvalue weighted by atomic mass is 10.0. The van der Waals surface area contributed by atoms with E-state index in [1.165, 1.54) is 6.08 Å². The Balaban J connectivity index is 2.04. The minimum Gasteiger partial charge on any atom is -0.333 e. The third-order valence-corrected chi connectivity index (χ3v) is 3.80. The smallest absolute Gasteiger partial charge is 0.246 e. The summed E-state index contributed by atoms with van der Waals surface area (Å²) in [4.78, 5) is 13.2. The van der Waals surface area contributed by atoms with Gasteiger partial charge in [0.2, 0.25) is 5.91 Å². The van der Waals surface area contributed by atoms with Gasteiger partial charge in [-0.1, -0.05) is 6.58 Å². The second-order valence-electron chi connectivity index (χ2n) is 3.24. The highest BCUT2D eigenvalue weighted by molar-refractivity contribution is 14.1. The van der Waals surface area contributed by atoms with Gasteiger partial charge in [-0.2, -0.15) is 0 Å². The molecular formula is C8H11IN2O.